The molecule has 1 saturated heterocycles. The van der Waals surface area contributed by atoms with Gasteiger partial charge in [-0.05, 0) is 49.2 Å². The Morgan fingerprint density at radius 3 is 2.31 bits per heavy atom. The van der Waals surface area contributed by atoms with Crippen LogP contribution in [0.1, 0.15) is 34.8 Å². The van der Waals surface area contributed by atoms with E-state index in [1.165, 1.54) is 24.3 Å². The summed E-state index contributed by atoms with van der Waals surface area (Å²) in [5.74, 6) is -1.43. The SMILES string of the molecule is CCC1(c2ccccc2)NC(=O)N(NC(=O)c2cccc(S(=O)(=O)Nc3ccc(C)cc3)c2)C1=O. The van der Waals surface area contributed by atoms with Gasteiger partial charge in [-0.25, -0.2) is 13.2 Å². The number of urea groups is 1. The number of sulfonamides is 1. The number of carbonyl (C=O) groups excluding carboxylic acids is 3. The van der Waals surface area contributed by atoms with Crippen LogP contribution in [0.15, 0.2) is 83.8 Å². The highest BCUT2D eigenvalue weighted by molar-refractivity contribution is 7.92. The van der Waals surface area contributed by atoms with Gasteiger partial charge in [0.2, 0.25) is 0 Å². The highest BCUT2D eigenvalue weighted by Crippen LogP contribution is 2.31. The van der Waals surface area contributed by atoms with Crippen molar-refractivity contribution in [3.8, 4) is 0 Å². The van der Waals surface area contributed by atoms with Crippen LogP contribution >= 0.6 is 0 Å². The molecule has 1 aliphatic heterocycles. The Bertz CT molecular complexity index is 1390. The van der Waals surface area contributed by atoms with Gasteiger partial charge in [-0.15, -0.1) is 0 Å². The van der Waals surface area contributed by atoms with Crippen molar-refractivity contribution in [2.75, 3.05) is 4.72 Å². The summed E-state index contributed by atoms with van der Waals surface area (Å²) >= 11 is 0. The zero-order valence-corrected chi connectivity index (χ0v) is 19.9. The van der Waals surface area contributed by atoms with Gasteiger partial charge in [0, 0.05) is 11.3 Å². The predicted molar refractivity (Wildman–Crippen MR) is 130 cm³/mol. The highest BCUT2D eigenvalue weighted by atomic mass is 32.2. The first-order valence-electron chi connectivity index (χ1n) is 10.9. The summed E-state index contributed by atoms with van der Waals surface area (Å²) in [6.07, 6.45) is 0.270. The molecule has 4 rings (SSSR count). The molecule has 180 valence electrons. The molecular formula is C25H24N4O5S. The molecule has 3 N–H and O–H groups in total. The van der Waals surface area contributed by atoms with E-state index in [2.05, 4.69) is 15.5 Å². The second-order valence-corrected chi connectivity index (χ2v) is 9.82. The van der Waals surface area contributed by atoms with Gasteiger partial charge in [-0.1, -0.05) is 61.0 Å². The molecule has 0 bridgehead atoms. The van der Waals surface area contributed by atoms with Crippen molar-refractivity contribution in [3.05, 3.63) is 95.6 Å². The topological polar surface area (TPSA) is 125 Å². The quantitative estimate of drug-likeness (QED) is 0.437. The van der Waals surface area contributed by atoms with Crippen LogP contribution in [0.5, 0.6) is 0 Å². The molecule has 0 spiro atoms. The van der Waals surface area contributed by atoms with E-state index in [-0.39, 0.29) is 16.9 Å². The lowest BCUT2D eigenvalue weighted by atomic mass is 9.87. The molecule has 1 atom stereocenters. The Labute approximate surface area is 203 Å². The normalized spacial score (nSPS) is 17.7. The fourth-order valence-electron chi connectivity index (χ4n) is 3.84. The number of hydrazine groups is 1. The molecule has 4 amide bonds. The van der Waals surface area contributed by atoms with Crippen molar-refractivity contribution in [1.29, 1.82) is 0 Å². The van der Waals surface area contributed by atoms with E-state index in [9.17, 15) is 22.8 Å². The van der Waals surface area contributed by atoms with Crippen LogP contribution in [0.25, 0.3) is 0 Å². The van der Waals surface area contributed by atoms with Gasteiger partial charge in [-0.3, -0.25) is 19.7 Å². The number of hydrogen-bond donors (Lipinski definition) is 3. The van der Waals surface area contributed by atoms with Gasteiger partial charge in [0.15, 0.2) is 0 Å². The molecule has 1 unspecified atom stereocenters. The first-order valence-corrected chi connectivity index (χ1v) is 12.4. The van der Waals surface area contributed by atoms with Crippen LogP contribution in [0.2, 0.25) is 0 Å². The lowest BCUT2D eigenvalue weighted by Crippen LogP contribution is -2.48. The van der Waals surface area contributed by atoms with Gasteiger partial charge >= 0.3 is 6.03 Å². The van der Waals surface area contributed by atoms with E-state index in [1.807, 2.05) is 6.92 Å². The summed E-state index contributed by atoms with van der Waals surface area (Å²) in [5, 5.41) is 3.30. The first-order chi connectivity index (χ1) is 16.7. The minimum Gasteiger partial charge on any atom is -0.318 e. The standard InChI is InChI=1S/C25H24N4O5S/c1-3-25(19-9-5-4-6-10-19)23(31)29(24(32)26-25)27-22(30)18-8-7-11-21(16-18)35(33,34)28-20-14-12-17(2)13-15-20/h4-16,28H,3H2,1-2H3,(H,26,32)(H,27,30). The number of rotatable bonds is 7. The van der Waals surface area contributed by atoms with Gasteiger partial charge in [0.05, 0.1) is 4.90 Å². The summed E-state index contributed by atoms with van der Waals surface area (Å²) < 4.78 is 28.1. The average Bonchev–Trinajstić information content (AvgIpc) is 3.11. The third-order valence-electron chi connectivity index (χ3n) is 5.81. The van der Waals surface area contributed by atoms with Crippen molar-refractivity contribution in [2.24, 2.45) is 0 Å². The predicted octanol–water partition coefficient (Wildman–Crippen LogP) is 3.30. The van der Waals surface area contributed by atoms with E-state index < -0.39 is 33.4 Å². The fourth-order valence-corrected chi connectivity index (χ4v) is 4.95. The minimum absolute atomic E-state index is 0.0360. The number of aryl methyl sites for hydroxylation is 1. The summed E-state index contributed by atoms with van der Waals surface area (Å²) in [5.41, 5.74) is 2.90. The molecule has 3 aromatic rings. The summed E-state index contributed by atoms with van der Waals surface area (Å²) in [6, 6.07) is 20.1. The molecule has 0 saturated carbocycles. The third kappa shape index (κ3) is 4.60. The lowest BCUT2D eigenvalue weighted by Gasteiger charge is -2.25. The summed E-state index contributed by atoms with van der Waals surface area (Å²) in [7, 11) is -3.98. The number of imide groups is 1. The van der Waals surface area contributed by atoms with Crippen molar-refractivity contribution in [3.63, 3.8) is 0 Å². The average molecular weight is 493 g/mol. The Kier molecular flexibility index (Phi) is 6.31. The first kappa shape index (κ1) is 24.0. The Balaban J connectivity index is 1.55. The molecule has 35 heavy (non-hydrogen) atoms. The summed E-state index contributed by atoms with van der Waals surface area (Å²) in [6.45, 7) is 3.64. The molecule has 1 fully saturated rings. The van der Waals surface area contributed by atoms with E-state index in [0.29, 0.717) is 16.3 Å². The zero-order valence-electron chi connectivity index (χ0n) is 19.1. The van der Waals surface area contributed by atoms with E-state index in [0.717, 1.165) is 5.56 Å². The van der Waals surface area contributed by atoms with Crippen molar-refractivity contribution < 1.29 is 22.8 Å². The molecule has 0 aliphatic carbocycles. The molecular weight excluding hydrogens is 468 g/mol. The fraction of sp³-hybridized carbons (Fsp3) is 0.160. The van der Waals surface area contributed by atoms with Crippen LogP contribution < -0.4 is 15.5 Å². The largest absolute Gasteiger partial charge is 0.344 e. The van der Waals surface area contributed by atoms with Crippen molar-refractivity contribution in [1.82, 2.24) is 15.8 Å². The minimum atomic E-state index is -3.98. The van der Waals surface area contributed by atoms with E-state index in [1.54, 1.807) is 61.5 Å². The van der Waals surface area contributed by atoms with Crippen LogP contribution in [-0.2, 0) is 20.4 Å². The number of carbonyl (C=O) groups is 3. The Hall–Kier alpha value is -4.18. The Morgan fingerprint density at radius 1 is 0.971 bits per heavy atom. The van der Waals surface area contributed by atoms with Gasteiger partial charge in [-0.2, -0.15) is 5.01 Å². The van der Waals surface area contributed by atoms with Crippen LogP contribution in [-0.4, -0.2) is 31.3 Å². The third-order valence-corrected chi connectivity index (χ3v) is 7.19. The Morgan fingerprint density at radius 2 is 1.66 bits per heavy atom. The van der Waals surface area contributed by atoms with E-state index in [4.69, 9.17) is 0 Å². The smallest absolute Gasteiger partial charge is 0.318 e. The van der Waals surface area contributed by atoms with Crippen molar-refractivity contribution >= 4 is 33.6 Å². The monoisotopic (exact) mass is 492 g/mol. The highest BCUT2D eigenvalue weighted by Gasteiger charge is 2.52. The molecule has 0 radical (unpaired) electrons. The number of anilines is 1. The molecule has 9 nitrogen and oxygen atoms in total. The zero-order chi connectivity index (χ0) is 25.2. The van der Waals surface area contributed by atoms with Crippen molar-refractivity contribution in [2.45, 2.75) is 30.7 Å². The van der Waals surface area contributed by atoms with Crippen LogP contribution in [0.3, 0.4) is 0 Å². The molecule has 10 heteroatoms. The van der Waals surface area contributed by atoms with Gasteiger partial charge in [0.25, 0.3) is 21.8 Å². The maximum atomic E-state index is 13.2. The number of nitrogens with one attached hydrogen (secondary N) is 3. The molecule has 3 aromatic carbocycles. The van der Waals surface area contributed by atoms with Crippen LogP contribution in [0, 0.1) is 6.92 Å². The van der Waals surface area contributed by atoms with Gasteiger partial charge in [0.1, 0.15) is 5.54 Å². The molecule has 0 aromatic heterocycles. The number of benzene rings is 3. The maximum Gasteiger partial charge on any atom is 0.344 e. The molecule has 1 heterocycles. The van der Waals surface area contributed by atoms with Gasteiger partial charge < -0.3 is 5.32 Å². The second kappa shape index (κ2) is 9.22. The number of hydrogen-bond acceptors (Lipinski definition) is 5. The lowest BCUT2D eigenvalue weighted by molar-refractivity contribution is -0.133. The number of amides is 4. The number of nitrogens with zero attached hydrogens (tertiary/aromatic N) is 1. The molecule has 1 aliphatic rings. The van der Waals surface area contributed by atoms with E-state index >= 15 is 0 Å². The maximum absolute atomic E-state index is 13.2. The summed E-state index contributed by atoms with van der Waals surface area (Å²) in [4.78, 5) is 38.6. The van der Waals surface area contributed by atoms with Crippen LogP contribution in [0.4, 0.5) is 10.5 Å². The second-order valence-electron chi connectivity index (χ2n) is 8.14.